The molecular weight excluding hydrogens is 240 g/mol. The Bertz CT molecular complexity index is 637. The van der Waals surface area contributed by atoms with Crippen LogP contribution in [0.5, 0.6) is 0 Å². The van der Waals surface area contributed by atoms with E-state index in [1.54, 1.807) is 12.4 Å². The van der Waals surface area contributed by atoms with Crippen LogP contribution in [0.2, 0.25) is 0 Å². The van der Waals surface area contributed by atoms with Crippen LogP contribution in [0.25, 0.3) is 11.5 Å². The molecule has 0 spiro atoms. The van der Waals surface area contributed by atoms with Crippen LogP contribution in [0.15, 0.2) is 59.3 Å². The van der Waals surface area contributed by atoms with E-state index >= 15 is 0 Å². The van der Waals surface area contributed by atoms with Crippen molar-refractivity contribution in [2.75, 3.05) is 5.32 Å². The summed E-state index contributed by atoms with van der Waals surface area (Å²) in [5, 5.41) is 11.2. The van der Waals surface area contributed by atoms with E-state index in [0.717, 1.165) is 11.3 Å². The quantitative estimate of drug-likeness (QED) is 0.773. The summed E-state index contributed by atoms with van der Waals surface area (Å²) in [7, 11) is 0. The number of anilines is 1. The third kappa shape index (κ3) is 2.77. The van der Waals surface area contributed by atoms with Crippen molar-refractivity contribution in [3.63, 3.8) is 0 Å². The second kappa shape index (κ2) is 5.30. The molecule has 2 heterocycles. The van der Waals surface area contributed by atoms with Crippen LogP contribution in [-0.2, 0) is 6.54 Å². The van der Waals surface area contributed by atoms with Crippen LogP contribution in [0.4, 0.5) is 5.69 Å². The van der Waals surface area contributed by atoms with Gasteiger partial charge in [-0.2, -0.15) is 0 Å². The summed E-state index contributed by atoms with van der Waals surface area (Å²) in [6, 6.07) is 13.5. The zero-order valence-electron chi connectivity index (χ0n) is 10.2. The first-order chi connectivity index (χ1) is 9.42. The monoisotopic (exact) mass is 252 g/mol. The number of hydrogen-bond acceptors (Lipinski definition) is 5. The molecule has 94 valence electrons. The minimum absolute atomic E-state index is 0.490. The second-order valence-corrected chi connectivity index (χ2v) is 3.96. The van der Waals surface area contributed by atoms with Gasteiger partial charge in [0.15, 0.2) is 0 Å². The highest BCUT2D eigenvalue weighted by molar-refractivity contribution is 5.51. The largest absolute Gasteiger partial charge is 0.419 e. The van der Waals surface area contributed by atoms with Crippen LogP contribution < -0.4 is 5.32 Å². The van der Waals surface area contributed by atoms with Gasteiger partial charge in [0.1, 0.15) is 0 Å². The molecule has 5 nitrogen and oxygen atoms in total. The molecule has 0 unspecified atom stereocenters. The van der Waals surface area contributed by atoms with E-state index in [0.29, 0.717) is 18.3 Å². The lowest BCUT2D eigenvalue weighted by atomic mass is 10.2. The van der Waals surface area contributed by atoms with Gasteiger partial charge in [-0.05, 0) is 24.3 Å². The summed E-state index contributed by atoms with van der Waals surface area (Å²) in [4.78, 5) is 3.95. The minimum Gasteiger partial charge on any atom is -0.419 e. The molecule has 0 fully saturated rings. The zero-order valence-corrected chi connectivity index (χ0v) is 10.2. The fraction of sp³-hybridized carbons (Fsp3) is 0.0714. The molecular formula is C14H12N4O. The molecule has 3 aromatic rings. The summed E-state index contributed by atoms with van der Waals surface area (Å²) in [5.74, 6) is 1.09. The average molecular weight is 252 g/mol. The molecule has 0 aliphatic rings. The van der Waals surface area contributed by atoms with E-state index in [4.69, 9.17) is 4.42 Å². The predicted octanol–water partition coefficient (Wildman–Crippen LogP) is 2.74. The zero-order chi connectivity index (χ0) is 12.9. The van der Waals surface area contributed by atoms with E-state index in [1.165, 1.54) is 0 Å². The molecule has 0 radical (unpaired) electrons. The van der Waals surface area contributed by atoms with E-state index in [-0.39, 0.29) is 0 Å². The summed E-state index contributed by atoms with van der Waals surface area (Å²) in [5.41, 5.74) is 1.89. The highest BCUT2D eigenvalue weighted by Crippen LogP contribution is 2.17. The lowest BCUT2D eigenvalue weighted by Crippen LogP contribution is -1.99. The maximum absolute atomic E-state index is 5.59. The SMILES string of the molecule is c1ccc(-c2nnc(CNc3ccncc3)o2)cc1. The number of benzene rings is 1. The lowest BCUT2D eigenvalue weighted by Gasteiger charge is -2.01. The number of nitrogens with one attached hydrogen (secondary N) is 1. The van der Waals surface area contributed by atoms with Gasteiger partial charge in [0, 0.05) is 23.6 Å². The third-order valence-electron chi connectivity index (χ3n) is 2.61. The standard InChI is InChI=1S/C14H12N4O/c1-2-4-11(5-3-1)14-18-17-13(19-14)10-16-12-6-8-15-9-7-12/h1-9H,10H2,(H,15,16). The Morgan fingerprint density at radius 2 is 1.74 bits per heavy atom. The first-order valence-electron chi connectivity index (χ1n) is 5.93. The van der Waals surface area contributed by atoms with Crippen molar-refractivity contribution < 1.29 is 4.42 Å². The molecule has 0 atom stereocenters. The van der Waals surface area contributed by atoms with Crippen molar-refractivity contribution in [1.82, 2.24) is 15.2 Å². The Morgan fingerprint density at radius 1 is 0.947 bits per heavy atom. The molecule has 0 aliphatic carbocycles. The van der Waals surface area contributed by atoms with Crippen LogP contribution in [0.1, 0.15) is 5.89 Å². The van der Waals surface area contributed by atoms with Crippen LogP contribution in [0, 0.1) is 0 Å². The first kappa shape index (κ1) is 11.4. The van der Waals surface area contributed by atoms with E-state index in [9.17, 15) is 0 Å². The highest BCUT2D eigenvalue weighted by Gasteiger charge is 2.07. The summed E-state index contributed by atoms with van der Waals surface area (Å²) in [6.07, 6.45) is 3.46. The number of pyridine rings is 1. The van der Waals surface area contributed by atoms with Gasteiger partial charge in [-0.25, -0.2) is 0 Å². The molecule has 0 aliphatic heterocycles. The van der Waals surface area contributed by atoms with Gasteiger partial charge in [-0.15, -0.1) is 10.2 Å². The second-order valence-electron chi connectivity index (χ2n) is 3.96. The van der Waals surface area contributed by atoms with Gasteiger partial charge in [0.2, 0.25) is 11.8 Å². The van der Waals surface area contributed by atoms with Gasteiger partial charge < -0.3 is 9.73 Å². The molecule has 3 rings (SSSR count). The first-order valence-corrected chi connectivity index (χ1v) is 5.93. The van der Waals surface area contributed by atoms with Gasteiger partial charge in [-0.1, -0.05) is 18.2 Å². The smallest absolute Gasteiger partial charge is 0.247 e. The van der Waals surface area contributed by atoms with Crippen LogP contribution in [0.3, 0.4) is 0 Å². The number of aromatic nitrogens is 3. The van der Waals surface area contributed by atoms with Crippen molar-refractivity contribution in [2.24, 2.45) is 0 Å². The Kier molecular flexibility index (Phi) is 3.18. The van der Waals surface area contributed by atoms with Crippen molar-refractivity contribution in [3.05, 3.63) is 60.7 Å². The number of hydrogen-bond donors (Lipinski definition) is 1. The van der Waals surface area contributed by atoms with E-state index in [1.807, 2.05) is 42.5 Å². The van der Waals surface area contributed by atoms with Crippen molar-refractivity contribution in [2.45, 2.75) is 6.54 Å². The molecule has 2 aromatic heterocycles. The molecule has 19 heavy (non-hydrogen) atoms. The maximum atomic E-state index is 5.59. The van der Waals surface area contributed by atoms with Gasteiger partial charge in [0.25, 0.3) is 0 Å². The fourth-order valence-electron chi connectivity index (χ4n) is 1.67. The highest BCUT2D eigenvalue weighted by atomic mass is 16.4. The number of nitrogens with zero attached hydrogens (tertiary/aromatic N) is 3. The van der Waals surface area contributed by atoms with Crippen molar-refractivity contribution in [1.29, 1.82) is 0 Å². The predicted molar refractivity (Wildman–Crippen MR) is 71.3 cm³/mol. The Labute approximate surface area is 110 Å². The Hall–Kier alpha value is -2.69. The molecule has 1 aromatic carbocycles. The van der Waals surface area contributed by atoms with Crippen LogP contribution >= 0.6 is 0 Å². The Balaban J connectivity index is 1.69. The van der Waals surface area contributed by atoms with Gasteiger partial charge >= 0.3 is 0 Å². The molecule has 1 N–H and O–H groups in total. The third-order valence-corrected chi connectivity index (χ3v) is 2.61. The van der Waals surface area contributed by atoms with Gasteiger partial charge in [-0.3, -0.25) is 4.98 Å². The van der Waals surface area contributed by atoms with Crippen molar-refractivity contribution >= 4 is 5.69 Å². The summed E-state index contributed by atoms with van der Waals surface area (Å²) >= 11 is 0. The maximum Gasteiger partial charge on any atom is 0.247 e. The summed E-state index contributed by atoms with van der Waals surface area (Å²) < 4.78 is 5.59. The molecule has 0 saturated carbocycles. The topological polar surface area (TPSA) is 63.8 Å². The normalized spacial score (nSPS) is 10.3. The van der Waals surface area contributed by atoms with E-state index < -0.39 is 0 Å². The van der Waals surface area contributed by atoms with Crippen LogP contribution in [-0.4, -0.2) is 15.2 Å². The molecule has 0 saturated heterocycles. The lowest BCUT2D eigenvalue weighted by molar-refractivity contribution is 0.515. The molecule has 5 heteroatoms. The van der Waals surface area contributed by atoms with E-state index in [2.05, 4.69) is 20.5 Å². The van der Waals surface area contributed by atoms with Gasteiger partial charge in [0.05, 0.1) is 6.54 Å². The molecule has 0 bridgehead atoms. The minimum atomic E-state index is 0.490. The molecule has 0 amide bonds. The summed E-state index contributed by atoms with van der Waals surface area (Å²) in [6.45, 7) is 0.490. The van der Waals surface area contributed by atoms with Crippen molar-refractivity contribution in [3.8, 4) is 11.5 Å². The fourth-order valence-corrected chi connectivity index (χ4v) is 1.67. The number of rotatable bonds is 4. The Morgan fingerprint density at radius 3 is 2.53 bits per heavy atom. The average Bonchev–Trinajstić information content (AvgIpc) is 2.96.